The van der Waals surface area contributed by atoms with E-state index in [1.165, 1.54) is 5.01 Å². The monoisotopic (exact) mass is 289 g/mol. The fourth-order valence-electron chi connectivity index (χ4n) is 2.07. The second-order valence-corrected chi connectivity index (χ2v) is 5.72. The molecule has 0 spiro atoms. The molecule has 0 aliphatic carbocycles. The van der Waals surface area contributed by atoms with Gasteiger partial charge in [0.2, 0.25) is 5.91 Å². The number of nitriles is 1. The Morgan fingerprint density at radius 2 is 2.35 bits per heavy atom. The molecular formula is C15H16ClN3O. The number of amides is 1. The number of alkyl halides is 1. The molecule has 1 amide bonds. The van der Waals surface area contributed by atoms with Crippen molar-refractivity contribution in [3.63, 3.8) is 0 Å². The molecule has 104 valence electrons. The van der Waals surface area contributed by atoms with Gasteiger partial charge < -0.3 is 0 Å². The summed E-state index contributed by atoms with van der Waals surface area (Å²) in [7, 11) is 0. The number of halogens is 1. The molecule has 5 heteroatoms. The van der Waals surface area contributed by atoms with Crippen LogP contribution in [0.3, 0.4) is 0 Å². The maximum Gasteiger partial charge on any atom is 0.250 e. The van der Waals surface area contributed by atoms with E-state index in [2.05, 4.69) is 11.2 Å². The third-order valence-corrected chi connectivity index (χ3v) is 4.02. The van der Waals surface area contributed by atoms with E-state index >= 15 is 0 Å². The molecule has 0 aromatic heterocycles. The van der Waals surface area contributed by atoms with E-state index < -0.39 is 5.41 Å². The summed E-state index contributed by atoms with van der Waals surface area (Å²) in [6, 6.07) is 9.23. The zero-order valence-corrected chi connectivity index (χ0v) is 12.3. The number of hydrazone groups is 1. The van der Waals surface area contributed by atoms with Crippen LogP contribution in [0.2, 0.25) is 0 Å². The highest BCUT2D eigenvalue weighted by molar-refractivity contribution is 6.19. The average molecular weight is 290 g/mol. The van der Waals surface area contributed by atoms with E-state index in [1.807, 2.05) is 12.1 Å². The molecule has 0 saturated heterocycles. The van der Waals surface area contributed by atoms with Crippen molar-refractivity contribution in [2.45, 2.75) is 26.3 Å². The van der Waals surface area contributed by atoms with Crippen LogP contribution in [0.25, 0.3) is 0 Å². The molecule has 0 bridgehead atoms. The van der Waals surface area contributed by atoms with Crippen molar-refractivity contribution in [2.24, 2.45) is 10.5 Å². The first-order valence-corrected chi connectivity index (χ1v) is 6.95. The van der Waals surface area contributed by atoms with Gasteiger partial charge in [-0.15, -0.1) is 11.6 Å². The van der Waals surface area contributed by atoms with Crippen molar-refractivity contribution in [2.75, 3.05) is 5.88 Å². The first-order valence-electron chi connectivity index (χ1n) is 6.42. The van der Waals surface area contributed by atoms with Crippen molar-refractivity contribution < 1.29 is 4.79 Å². The minimum Gasteiger partial charge on any atom is -0.272 e. The number of carbonyl (C=O) groups excluding carboxylic acids is 1. The lowest BCUT2D eigenvalue weighted by Gasteiger charge is -2.29. The quantitative estimate of drug-likeness (QED) is 0.803. The molecule has 4 nitrogen and oxygen atoms in total. The maximum absolute atomic E-state index is 12.5. The third-order valence-electron chi connectivity index (χ3n) is 3.35. The predicted molar refractivity (Wildman–Crippen MR) is 78.4 cm³/mol. The van der Waals surface area contributed by atoms with E-state index in [-0.39, 0.29) is 17.8 Å². The lowest BCUT2D eigenvalue weighted by molar-refractivity contribution is -0.141. The number of hydrogen-bond donors (Lipinski definition) is 0. The Labute approximate surface area is 123 Å². The van der Waals surface area contributed by atoms with Crippen LogP contribution < -0.4 is 0 Å². The summed E-state index contributed by atoms with van der Waals surface area (Å²) in [5.41, 5.74) is 0.840. The van der Waals surface area contributed by atoms with Gasteiger partial charge in [-0.2, -0.15) is 10.4 Å². The fourth-order valence-corrected chi connectivity index (χ4v) is 2.18. The summed E-state index contributed by atoms with van der Waals surface area (Å²) >= 11 is 5.87. The van der Waals surface area contributed by atoms with Gasteiger partial charge in [0, 0.05) is 18.5 Å². The number of rotatable bonds is 3. The Morgan fingerprint density at radius 1 is 1.60 bits per heavy atom. The molecule has 0 saturated carbocycles. The number of benzene rings is 1. The van der Waals surface area contributed by atoms with Gasteiger partial charge in [-0.3, -0.25) is 4.79 Å². The van der Waals surface area contributed by atoms with Crippen LogP contribution in [0.15, 0.2) is 29.4 Å². The average Bonchev–Trinajstić information content (AvgIpc) is 2.95. The SMILES string of the molecule is CC(C)(CCl)C(=O)N1N=CCC1c1cccc(C#N)c1. The molecule has 0 radical (unpaired) electrons. The van der Waals surface area contributed by atoms with E-state index in [1.54, 1.807) is 32.2 Å². The lowest BCUT2D eigenvalue weighted by atomic mass is 9.93. The van der Waals surface area contributed by atoms with E-state index in [4.69, 9.17) is 16.9 Å². The smallest absolute Gasteiger partial charge is 0.250 e. The Hall–Kier alpha value is -1.86. The van der Waals surface area contributed by atoms with Crippen LogP contribution in [-0.4, -0.2) is 23.0 Å². The largest absolute Gasteiger partial charge is 0.272 e. The summed E-state index contributed by atoms with van der Waals surface area (Å²) in [4.78, 5) is 12.5. The normalized spacial score (nSPS) is 18.1. The molecule has 1 heterocycles. The molecule has 1 aromatic carbocycles. The summed E-state index contributed by atoms with van der Waals surface area (Å²) in [5, 5.41) is 14.6. The van der Waals surface area contributed by atoms with Crippen LogP contribution in [0, 0.1) is 16.7 Å². The van der Waals surface area contributed by atoms with Crippen LogP contribution in [0.1, 0.15) is 37.4 Å². The number of hydrogen-bond acceptors (Lipinski definition) is 3. The van der Waals surface area contributed by atoms with E-state index in [0.717, 1.165) is 5.56 Å². The van der Waals surface area contributed by atoms with Gasteiger partial charge in [0.1, 0.15) is 0 Å². The summed E-state index contributed by atoms with van der Waals surface area (Å²) < 4.78 is 0. The van der Waals surface area contributed by atoms with Crippen molar-refractivity contribution in [3.05, 3.63) is 35.4 Å². The fraction of sp³-hybridized carbons (Fsp3) is 0.400. The predicted octanol–water partition coefficient (Wildman–Crippen LogP) is 3.08. The minimum atomic E-state index is -0.658. The van der Waals surface area contributed by atoms with Gasteiger partial charge >= 0.3 is 0 Å². The zero-order chi connectivity index (χ0) is 14.8. The molecule has 1 atom stereocenters. The minimum absolute atomic E-state index is 0.103. The Morgan fingerprint density at radius 3 is 3.00 bits per heavy atom. The van der Waals surface area contributed by atoms with Gasteiger partial charge in [-0.1, -0.05) is 12.1 Å². The summed E-state index contributed by atoms with van der Waals surface area (Å²) in [6.45, 7) is 3.61. The molecule has 1 aromatic rings. The van der Waals surface area contributed by atoms with Gasteiger partial charge in [-0.05, 0) is 31.5 Å². The second-order valence-electron chi connectivity index (χ2n) is 5.45. The molecular weight excluding hydrogens is 274 g/mol. The summed E-state index contributed by atoms with van der Waals surface area (Å²) in [5.74, 6) is 0.136. The first-order chi connectivity index (χ1) is 9.49. The Kier molecular flexibility index (Phi) is 4.10. The number of carbonyl (C=O) groups is 1. The molecule has 0 N–H and O–H groups in total. The molecule has 1 aliphatic heterocycles. The van der Waals surface area contributed by atoms with E-state index in [0.29, 0.717) is 12.0 Å². The zero-order valence-electron chi connectivity index (χ0n) is 11.5. The molecule has 2 rings (SSSR count). The van der Waals surface area contributed by atoms with Gasteiger partial charge in [0.15, 0.2) is 0 Å². The van der Waals surface area contributed by atoms with Crippen LogP contribution in [0.5, 0.6) is 0 Å². The highest BCUT2D eigenvalue weighted by Crippen LogP contribution is 2.33. The van der Waals surface area contributed by atoms with Crippen molar-refractivity contribution >= 4 is 23.7 Å². The van der Waals surface area contributed by atoms with E-state index in [9.17, 15) is 4.79 Å². The Bertz CT molecular complexity index is 589. The van der Waals surface area contributed by atoms with Gasteiger partial charge in [-0.25, -0.2) is 5.01 Å². The summed E-state index contributed by atoms with van der Waals surface area (Å²) in [6.07, 6.45) is 2.38. The highest BCUT2D eigenvalue weighted by atomic mass is 35.5. The van der Waals surface area contributed by atoms with Crippen molar-refractivity contribution in [1.82, 2.24) is 5.01 Å². The molecule has 1 unspecified atom stereocenters. The maximum atomic E-state index is 12.5. The van der Waals surface area contributed by atoms with Crippen molar-refractivity contribution in [1.29, 1.82) is 5.26 Å². The van der Waals surface area contributed by atoms with Gasteiger partial charge in [0.05, 0.1) is 23.1 Å². The molecule has 0 fully saturated rings. The lowest BCUT2D eigenvalue weighted by Crippen LogP contribution is -2.39. The van der Waals surface area contributed by atoms with Crippen LogP contribution in [-0.2, 0) is 4.79 Å². The first kappa shape index (κ1) is 14.5. The third kappa shape index (κ3) is 2.68. The van der Waals surface area contributed by atoms with Crippen LogP contribution in [0.4, 0.5) is 0 Å². The molecule has 20 heavy (non-hydrogen) atoms. The molecule has 1 aliphatic rings. The van der Waals surface area contributed by atoms with Crippen molar-refractivity contribution in [3.8, 4) is 6.07 Å². The number of nitrogens with zero attached hydrogens (tertiary/aromatic N) is 3. The standard InChI is InChI=1S/C15H16ClN3O/c1-15(2,10-16)14(20)19-13(6-7-18-19)12-5-3-4-11(8-12)9-17/h3-5,7-8,13H,6,10H2,1-2H3. The topological polar surface area (TPSA) is 56.5 Å². The highest BCUT2D eigenvalue weighted by Gasteiger charge is 2.37. The van der Waals surface area contributed by atoms with Crippen LogP contribution >= 0.6 is 11.6 Å². The Balaban J connectivity index is 2.29. The van der Waals surface area contributed by atoms with Gasteiger partial charge in [0.25, 0.3) is 0 Å². The second kappa shape index (κ2) is 5.64.